The zero-order valence-corrected chi connectivity index (χ0v) is 10.9. The van der Waals surface area contributed by atoms with E-state index >= 15 is 0 Å². The number of carboxylic acids is 1. The lowest BCUT2D eigenvalue weighted by Crippen LogP contribution is -2.47. The Kier molecular flexibility index (Phi) is 6.15. The number of rotatable bonds is 5. The summed E-state index contributed by atoms with van der Waals surface area (Å²) in [6.07, 6.45) is -1.56. The third-order valence-electron chi connectivity index (χ3n) is 1.63. The average Bonchev–Trinajstić information content (AvgIpc) is 2.13. The molecule has 0 fully saturated rings. The van der Waals surface area contributed by atoms with E-state index in [-0.39, 0.29) is 6.61 Å². The molecule has 104 valence electrons. The van der Waals surface area contributed by atoms with Gasteiger partial charge in [-0.05, 0) is 27.7 Å². The number of ether oxygens (including phenoxy) is 2. The minimum atomic E-state index is -1.47. The van der Waals surface area contributed by atoms with Crippen LogP contribution in [-0.2, 0) is 19.1 Å². The van der Waals surface area contributed by atoms with Crippen molar-refractivity contribution >= 4 is 18.0 Å². The van der Waals surface area contributed by atoms with Crippen LogP contribution in [0.3, 0.4) is 0 Å². The molecule has 7 nitrogen and oxygen atoms in total. The molecule has 0 radical (unpaired) electrons. The molecule has 1 atom stereocenters. The van der Waals surface area contributed by atoms with Crippen LogP contribution in [0.25, 0.3) is 0 Å². The van der Waals surface area contributed by atoms with Crippen LogP contribution in [0.2, 0.25) is 0 Å². The summed E-state index contributed by atoms with van der Waals surface area (Å²) in [6.45, 7) is 6.58. The zero-order chi connectivity index (χ0) is 14.3. The van der Waals surface area contributed by atoms with Crippen molar-refractivity contribution in [1.29, 1.82) is 0 Å². The maximum Gasteiger partial charge on any atom is 0.408 e. The van der Waals surface area contributed by atoms with Crippen molar-refractivity contribution in [2.45, 2.75) is 45.8 Å². The Labute approximate surface area is 105 Å². The van der Waals surface area contributed by atoms with E-state index in [0.29, 0.717) is 0 Å². The summed E-state index contributed by atoms with van der Waals surface area (Å²) in [4.78, 5) is 33.3. The van der Waals surface area contributed by atoms with E-state index in [1.165, 1.54) is 0 Å². The Balaban J connectivity index is 4.54. The second-order valence-electron chi connectivity index (χ2n) is 4.53. The first kappa shape index (κ1) is 16.2. The van der Waals surface area contributed by atoms with E-state index in [4.69, 9.17) is 4.74 Å². The zero-order valence-electron chi connectivity index (χ0n) is 10.9. The van der Waals surface area contributed by atoms with Crippen LogP contribution in [0, 0.1) is 0 Å². The topological polar surface area (TPSA) is 105 Å². The predicted octanol–water partition coefficient (Wildman–Crippen LogP) is -0.417. The van der Waals surface area contributed by atoms with E-state index < -0.39 is 36.1 Å². The van der Waals surface area contributed by atoms with Crippen molar-refractivity contribution in [3.05, 3.63) is 0 Å². The second kappa shape index (κ2) is 6.83. The van der Waals surface area contributed by atoms with Crippen LogP contribution in [0.15, 0.2) is 0 Å². The highest BCUT2D eigenvalue weighted by Gasteiger charge is 2.25. The Morgan fingerprint density at radius 2 is 1.83 bits per heavy atom. The van der Waals surface area contributed by atoms with Gasteiger partial charge in [0.05, 0.1) is 6.61 Å². The van der Waals surface area contributed by atoms with Gasteiger partial charge in [0.15, 0.2) is 0 Å². The van der Waals surface area contributed by atoms with Gasteiger partial charge < -0.3 is 24.7 Å². The Morgan fingerprint density at radius 3 is 2.22 bits per heavy atom. The lowest BCUT2D eigenvalue weighted by Gasteiger charge is -2.23. The number of hydrogen-bond donors (Lipinski definition) is 1. The lowest BCUT2D eigenvalue weighted by atomic mass is 10.2. The molecule has 18 heavy (non-hydrogen) atoms. The smallest absolute Gasteiger partial charge is 0.408 e. The van der Waals surface area contributed by atoms with Gasteiger partial charge in [0.2, 0.25) is 0 Å². The van der Waals surface area contributed by atoms with Crippen molar-refractivity contribution in [1.82, 2.24) is 5.32 Å². The number of esters is 1. The number of carbonyl (C=O) groups is 3. The summed E-state index contributed by atoms with van der Waals surface area (Å²) in [5.41, 5.74) is -0.745. The van der Waals surface area contributed by atoms with E-state index in [1.54, 1.807) is 27.7 Å². The molecule has 0 aromatic heterocycles. The van der Waals surface area contributed by atoms with Gasteiger partial charge >= 0.3 is 12.1 Å². The van der Waals surface area contributed by atoms with Gasteiger partial charge in [0.1, 0.15) is 11.6 Å². The molecule has 7 heteroatoms. The van der Waals surface area contributed by atoms with Crippen molar-refractivity contribution in [3.8, 4) is 0 Å². The highest BCUT2D eigenvalue weighted by Crippen LogP contribution is 2.07. The van der Waals surface area contributed by atoms with Gasteiger partial charge in [-0.25, -0.2) is 9.59 Å². The number of hydrogen-bond acceptors (Lipinski definition) is 6. The largest absolute Gasteiger partial charge is 0.550 e. The van der Waals surface area contributed by atoms with Crippen molar-refractivity contribution in [2.24, 2.45) is 0 Å². The fourth-order valence-electron chi connectivity index (χ4n) is 1.05. The molecule has 0 aliphatic rings. The summed E-state index contributed by atoms with van der Waals surface area (Å²) in [6, 6.07) is -1.32. The Hall–Kier alpha value is -1.79. The number of nitrogens with one attached hydrogen (secondary N) is 1. The van der Waals surface area contributed by atoms with Crippen LogP contribution in [0.5, 0.6) is 0 Å². The molecule has 0 saturated heterocycles. The Bertz CT molecular complexity index is 320. The molecule has 0 aromatic rings. The first-order valence-corrected chi connectivity index (χ1v) is 5.51. The molecule has 0 aliphatic carbocycles. The predicted molar refractivity (Wildman–Crippen MR) is 59.4 cm³/mol. The Morgan fingerprint density at radius 1 is 1.28 bits per heavy atom. The van der Waals surface area contributed by atoms with E-state index in [9.17, 15) is 19.5 Å². The monoisotopic (exact) mass is 260 g/mol. The molecule has 0 bridgehead atoms. The number of amides is 1. The third kappa shape index (κ3) is 7.48. The van der Waals surface area contributed by atoms with E-state index in [1.807, 2.05) is 0 Å². The molecule has 1 amide bonds. The van der Waals surface area contributed by atoms with Crippen LogP contribution >= 0.6 is 0 Å². The molecular weight excluding hydrogens is 242 g/mol. The van der Waals surface area contributed by atoms with Crippen LogP contribution < -0.4 is 10.4 Å². The average molecular weight is 260 g/mol. The van der Waals surface area contributed by atoms with Gasteiger partial charge in [0, 0.05) is 12.4 Å². The summed E-state index contributed by atoms with van der Waals surface area (Å²) in [5, 5.41) is 12.6. The van der Waals surface area contributed by atoms with E-state index in [2.05, 4.69) is 10.1 Å². The highest BCUT2D eigenvalue weighted by atomic mass is 16.6. The van der Waals surface area contributed by atoms with Gasteiger partial charge in [-0.2, -0.15) is 0 Å². The minimum Gasteiger partial charge on any atom is -0.550 e. The summed E-state index contributed by atoms with van der Waals surface area (Å²) in [7, 11) is 0. The summed E-state index contributed by atoms with van der Waals surface area (Å²) < 4.78 is 9.54. The van der Waals surface area contributed by atoms with Crippen LogP contribution in [-0.4, -0.2) is 36.3 Å². The normalized spacial score (nSPS) is 12.4. The second-order valence-corrected chi connectivity index (χ2v) is 4.53. The molecule has 0 spiro atoms. The molecular formula is C11H18NO6-. The third-order valence-corrected chi connectivity index (χ3v) is 1.63. The maximum absolute atomic E-state index is 11.4. The van der Waals surface area contributed by atoms with Crippen molar-refractivity contribution in [3.63, 3.8) is 0 Å². The standard InChI is InChI=1S/C11H19NO6/c1-5-17-9(15)7(6-8(13)14)12-10(16)18-11(2,3)4/h7H,5-6H2,1-4H3,(H,12,16)(H,13,14)/p-1/t7-/m0/s1. The van der Waals surface area contributed by atoms with Crippen LogP contribution in [0.1, 0.15) is 34.1 Å². The molecule has 1 N–H and O–H groups in total. The first-order chi connectivity index (χ1) is 8.15. The molecule has 0 heterocycles. The summed E-state index contributed by atoms with van der Waals surface area (Å²) in [5.74, 6) is -2.31. The quantitative estimate of drug-likeness (QED) is 0.673. The van der Waals surface area contributed by atoms with Gasteiger partial charge in [-0.3, -0.25) is 0 Å². The fraction of sp³-hybridized carbons (Fsp3) is 0.727. The van der Waals surface area contributed by atoms with Crippen molar-refractivity contribution in [2.75, 3.05) is 6.61 Å². The van der Waals surface area contributed by atoms with E-state index in [0.717, 1.165) is 0 Å². The lowest BCUT2D eigenvalue weighted by molar-refractivity contribution is -0.306. The highest BCUT2D eigenvalue weighted by molar-refractivity contribution is 5.85. The number of carbonyl (C=O) groups excluding carboxylic acids is 3. The number of carboxylic acid groups (broad SMARTS) is 1. The molecule has 0 unspecified atom stereocenters. The molecule has 0 rings (SSSR count). The minimum absolute atomic E-state index is 0.0817. The van der Waals surface area contributed by atoms with Crippen LogP contribution in [0.4, 0.5) is 4.79 Å². The van der Waals surface area contributed by atoms with Gasteiger partial charge in [-0.1, -0.05) is 0 Å². The van der Waals surface area contributed by atoms with Crippen molar-refractivity contribution < 1.29 is 29.0 Å². The SMILES string of the molecule is CCOC(=O)[C@H](CC(=O)[O-])NC(=O)OC(C)(C)C. The van der Waals surface area contributed by atoms with Gasteiger partial charge in [0.25, 0.3) is 0 Å². The summed E-state index contributed by atoms with van der Waals surface area (Å²) >= 11 is 0. The molecule has 0 saturated carbocycles. The number of alkyl carbamates (subject to hydrolysis) is 1. The first-order valence-electron chi connectivity index (χ1n) is 5.51. The molecule has 0 aliphatic heterocycles. The van der Waals surface area contributed by atoms with Gasteiger partial charge in [-0.15, -0.1) is 0 Å². The molecule has 0 aromatic carbocycles. The fourth-order valence-corrected chi connectivity index (χ4v) is 1.05. The number of aliphatic carboxylic acids is 1. The maximum atomic E-state index is 11.4.